The van der Waals surface area contributed by atoms with Crippen molar-refractivity contribution in [2.24, 2.45) is 20.0 Å². The van der Waals surface area contributed by atoms with E-state index in [1.807, 2.05) is 135 Å². The molecule has 0 saturated carbocycles. The van der Waals surface area contributed by atoms with Gasteiger partial charge in [-0.15, -0.1) is 0 Å². The zero-order valence-corrected chi connectivity index (χ0v) is 29.2. The van der Waals surface area contributed by atoms with Gasteiger partial charge in [0, 0.05) is 33.4 Å². The van der Waals surface area contributed by atoms with Crippen molar-refractivity contribution in [3.05, 3.63) is 203 Å². The van der Waals surface area contributed by atoms with Gasteiger partial charge in [0.15, 0.2) is 0 Å². The van der Waals surface area contributed by atoms with Crippen LogP contribution in [0.3, 0.4) is 0 Å². The molecule has 0 aromatic heterocycles. The van der Waals surface area contributed by atoms with Crippen LogP contribution in [0.4, 0.5) is 0 Å². The molecule has 6 nitrogen and oxygen atoms in total. The lowest BCUT2D eigenvalue weighted by molar-refractivity contribution is 0.231. The second-order valence-electron chi connectivity index (χ2n) is 12.5. The van der Waals surface area contributed by atoms with E-state index in [2.05, 4.69) is 48.5 Å². The zero-order valence-electron chi connectivity index (χ0n) is 29.2. The second kappa shape index (κ2) is 14.1. The first-order valence-corrected chi connectivity index (χ1v) is 17.7. The van der Waals surface area contributed by atoms with Crippen molar-refractivity contribution in [3.8, 4) is 11.5 Å². The average Bonchev–Trinajstić information content (AvgIpc) is 3.83. The molecule has 2 aliphatic heterocycles. The van der Waals surface area contributed by atoms with Crippen LogP contribution in [-0.2, 0) is 11.3 Å². The molecule has 254 valence electrons. The Hall–Kier alpha value is -6.40. The minimum atomic E-state index is -1.49. The Labute approximate surface area is 304 Å². The first-order chi connectivity index (χ1) is 25.7. The third-order valence-electron chi connectivity index (χ3n) is 9.34. The Morgan fingerprint density at radius 1 is 0.346 bits per heavy atom. The van der Waals surface area contributed by atoms with E-state index in [1.54, 1.807) is 0 Å². The largest absolute Gasteiger partial charge is 0.493 e. The number of rotatable bonds is 11. The standard InChI is InChI=1S/C46H38N4O2/c1-3-51-39-31-19-17-29-37(39)45(47-41(33-21-9-5-10-22-33)42(48-45)34-23-11-6-12-24-34)46(38-30-18-20-32-40(38)52-4-2)49-43(35-25-13-7-14-26-35)44(50-46)36-27-15-8-16-28-36/h5-32H,3-4H2,1-2H3. The van der Waals surface area contributed by atoms with Crippen LogP contribution >= 0.6 is 0 Å². The van der Waals surface area contributed by atoms with Crippen molar-refractivity contribution in [2.45, 2.75) is 25.2 Å². The Bertz CT molecular complexity index is 2040. The molecule has 0 atom stereocenters. The number of hydrogen-bond acceptors (Lipinski definition) is 6. The molecule has 0 fully saturated rings. The van der Waals surface area contributed by atoms with Gasteiger partial charge in [-0.1, -0.05) is 158 Å². The molecule has 0 saturated heterocycles. The summed E-state index contributed by atoms with van der Waals surface area (Å²) >= 11 is 0. The van der Waals surface area contributed by atoms with Crippen molar-refractivity contribution in [1.82, 2.24) is 0 Å². The Morgan fingerprint density at radius 2 is 0.596 bits per heavy atom. The smallest absolute Gasteiger partial charge is 0.230 e. The molecule has 6 aromatic rings. The molecule has 0 spiro atoms. The van der Waals surface area contributed by atoms with Crippen LogP contribution in [0.25, 0.3) is 0 Å². The molecule has 0 aliphatic carbocycles. The summed E-state index contributed by atoms with van der Waals surface area (Å²) in [6.45, 7) is 4.89. The summed E-state index contributed by atoms with van der Waals surface area (Å²) in [4.78, 5) is 23.2. The van der Waals surface area contributed by atoms with E-state index in [9.17, 15) is 0 Å². The lowest BCUT2D eigenvalue weighted by Gasteiger charge is -2.39. The van der Waals surface area contributed by atoms with Crippen LogP contribution in [0.1, 0.15) is 47.2 Å². The van der Waals surface area contributed by atoms with Crippen molar-refractivity contribution in [1.29, 1.82) is 0 Å². The first kappa shape index (κ1) is 32.8. The van der Waals surface area contributed by atoms with Crippen LogP contribution in [0.15, 0.2) is 190 Å². The summed E-state index contributed by atoms with van der Waals surface area (Å²) in [5.41, 5.74) is 5.23. The zero-order chi connectivity index (χ0) is 35.4. The maximum atomic E-state index is 6.43. The fourth-order valence-electron chi connectivity index (χ4n) is 7.10. The minimum Gasteiger partial charge on any atom is -0.493 e. The highest BCUT2D eigenvalue weighted by molar-refractivity contribution is 6.55. The van der Waals surface area contributed by atoms with Gasteiger partial charge >= 0.3 is 0 Å². The molecule has 0 bridgehead atoms. The molecule has 0 radical (unpaired) electrons. The van der Waals surface area contributed by atoms with E-state index < -0.39 is 11.3 Å². The van der Waals surface area contributed by atoms with E-state index >= 15 is 0 Å². The number of hydrogen-bond donors (Lipinski definition) is 0. The van der Waals surface area contributed by atoms with Crippen molar-refractivity contribution in [2.75, 3.05) is 13.2 Å². The van der Waals surface area contributed by atoms with Gasteiger partial charge in [0.05, 0.1) is 36.1 Å². The maximum Gasteiger partial charge on any atom is 0.230 e. The number of benzene rings is 6. The maximum absolute atomic E-state index is 6.43. The van der Waals surface area contributed by atoms with Crippen molar-refractivity contribution < 1.29 is 9.47 Å². The van der Waals surface area contributed by atoms with Crippen LogP contribution in [-0.4, -0.2) is 36.1 Å². The Morgan fingerprint density at radius 3 is 0.865 bits per heavy atom. The lowest BCUT2D eigenvalue weighted by atomic mass is 9.81. The van der Waals surface area contributed by atoms with Gasteiger partial charge in [0.2, 0.25) is 11.3 Å². The van der Waals surface area contributed by atoms with E-state index in [-0.39, 0.29) is 0 Å². The molecule has 6 heteroatoms. The van der Waals surface area contributed by atoms with E-state index in [1.165, 1.54) is 0 Å². The van der Waals surface area contributed by atoms with Gasteiger partial charge < -0.3 is 9.47 Å². The number of ether oxygens (including phenoxy) is 2. The Kier molecular flexibility index (Phi) is 8.88. The van der Waals surface area contributed by atoms with Crippen LogP contribution in [0.5, 0.6) is 11.5 Å². The summed E-state index contributed by atoms with van der Waals surface area (Å²) in [5, 5.41) is 0. The average molecular weight is 679 g/mol. The molecular formula is C46H38N4O2. The van der Waals surface area contributed by atoms with Gasteiger partial charge in [-0.2, -0.15) is 0 Å². The molecule has 0 unspecified atom stereocenters. The topological polar surface area (TPSA) is 67.9 Å². The van der Waals surface area contributed by atoms with Gasteiger partial charge in [-0.25, -0.2) is 20.0 Å². The highest BCUT2D eigenvalue weighted by Gasteiger charge is 2.62. The van der Waals surface area contributed by atoms with Gasteiger partial charge in [-0.05, 0) is 26.0 Å². The second-order valence-corrected chi connectivity index (χ2v) is 12.5. The minimum absolute atomic E-state index is 0.456. The quantitative estimate of drug-likeness (QED) is 0.137. The summed E-state index contributed by atoms with van der Waals surface area (Å²) in [6.07, 6.45) is 0. The van der Waals surface area contributed by atoms with Crippen LogP contribution in [0.2, 0.25) is 0 Å². The number of para-hydroxylation sites is 2. The van der Waals surface area contributed by atoms with E-state index in [0.717, 1.165) is 56.2 Å². The van der Waals surface area contributed by atoms with E-state index in [0.29, 0.717) is 24.7 Å². The monoisotopic (exact) mass is 678 g/mol. The number of aliphatic imine (C=N–C) groups is 4. The summed E-state index contributed by atoms with van der Waals surface area (Å²) in [5.74, 6) is 1.32. The predicted octanol–water partition coefficient (Wildman–Crippen LogP) is 9.47. The fraction of sp³-hybridized carbons (Fsp3) is 0.130. The molecule has 2 heterocycles. The highest BCUT2D eigenvalue weighted by Crippen LogP contribution is 2.57. The molecule has 52 heavy (non-hydrogen) atoms. The third kappa shape index (κ3) is 5.63. The summed E-state index contributed by atoms with van der Waals surface area (Å²) in [7, 11) is 0. The fourth-order valence-corrected chi connectivity index (χ4v) is 7.10. The highest BCUT2D eigenvalue weighted by atomic mass is 16.5. The normalized spacial score (nSPS) is 15.7. The summed E-state index contributed by atoms with van der Waals surface area (Å²) < 4.78 is 12.9. The third-order valence-corrected chi connectivity index (χ3v) is 9.34. The predicted molar refractivity (Wildman–Crippen MR) is 210 cm³/mol. The van der Waals surface area contributed by atoms with Crippen molar-refractivity contribution in [3.63, 3.8) is 0 Å². The SMILES string of the molecule is CCOc1ccccc1C1(C2(c3ccccc3OCC)N=C(c3ccccc3)C(c3ccccc3)=N2)N=C(c2ccccc2)C(c2ccccc2)=N1. The molecule has 0 amide bonds. The van der Waals surface area contributed by atoms with E-state index in [4.69, 9.17) is 29.4 Å². The summed E-state index contributed by atoms with van der Waals surface area (Å²) in [6, 6.07) is 56.9. The lowest BCUT2D eigenvalue weighted by Crippen LogP contribution is -2.43. The van der Waals surface area contributed by atoms with Gasteiger partial charge in [0.25, 0.3) is 0 Å². The van der Waals surface area contributed by atoms with Crippen molar-refractivity contribution >= 4 is 22.8 Å². The van der Waals surface area contributed by atoms with Gasteiger partial charge in [0.1, 0.15) is 11.5 Å². The molecule has 2 aliphatic rings. The Balaban J connectivity index is 1.57. The molecule has 0 N–H and O–H groups in total. The number of nitrogens with zero attached hydrogens (tertiary/aromatic N) is 4. The van der Waals surface area contributed by atoms with Crippen LogP contribution in [0, 0.1) is 0 Å². The molecule has 8 rings (SSSR count). The van der Waals surface area contributed by atoms with Crippen LogP contribution < -0.4 is 9.47 Å². The van der Waals surface area contributed by atoms with Gasteiger partial charge in [-0.3, -0.25) is 0 Å². The first-order valence-electron chi connectivity index (χ1n) is 17.7. The molecular weight excluding hydrogens is 641 g/mol. The molecule has 6 aromatic carbocycles.